The summed E-state index contributed by atoms with van der Waals surface area (Å²) in [5.74, 6) is -0.266. The molecular weight excluding hydrogens is 259 g/mol. The van der Waals surface area contributed by atoms with Crippen molar-refractivity contribution in [1.82, 2.24) is 10.3 Å². The van der Waals surface area contributed by atoms with E-state index >= 15 is 0 Å². The molecule has 2 nitrogen and oxygen atoms in total. The second-order valence-corrected chi connectivity index (χ2v) is 6.27. The van der Waals surface area contributed by atoms with E-state index in [9.17, 15) is 4.39 Å². The van der Waals surface area contributed by atoms with Gasteiger partial charge in [0.25, 0.3) is 0 Å². The van der Waals surface area contributed by atoms with Gasteiger partial charge < -0.3 is 5.32 Å². The lowest BCUT2D eigenvalue weighted by molar-refractivity contribution is 0.340. The molecule has 1 fully saturated rings. The molecule has 2 rings (SSSR count). The summed E-state index contributed by atoms with van der Waals surface area (Å²) in [4.78, 5) is 4.22. The average molecular weight is 282 g/mol. The van der Waals surface area contributed by atoms with Gasteiger partial charge in [-0.05, 0) is 37.7 Å². The first-order valence-electron chi connectivity index (χ1n) is 7.15. The van der Waals surface area contributed by atoms with Crippen molar-refractivity contribution < 1.29 is 4.39 Å². The van der Waals surface area contributed by atoms with Crippen LogP contribution >= 0.6 is 11.8 Å². The fraction of sp³-hybridized carbons (Fsp3) is 0.667. The average Bonchev–Trinajstić information content (AvgIpc) is 2.46. The summed E-state index contributed by atoms with van der Waals surface area (Å²) in [6, 6.07) is 4.09. The Balaban J connectivity index is 2.03. The van der Waals surface area contributed by atoms with Crippen LogP contribution in [0.3, 0.4) is 0 Å². The number of rotatable bonds is 5. The maximum atomic E-state index is 12.9. The number of aromatic nitrogens is 1. The van der Waals surface area contributed by atoms with E-state index in [1.807, 2.05) is 11.8 Å². The van der Waals surface area contributed by atoms with Crippen molar-refractivity contribution in [3.8, 4) is 0 Å². The van der Waals surface area contributed by atoms with Gasteiger partial charge in [0.15, 0.2) is 0 Å². The Morgan fingerprint density at radius 2 is 2.21 bits per heavy atom. The molecule has 1 saturated carbocycles. The van der Waals surface area contributed by atoms with Gasteiger partial charge in [-0.2, -0.15) is 11.8 Å². The van der Waals surface area contributed by atoms with E-state index in [-0.39, 0.29) is 11.9 Å². The van der Waals surface area contributed by atoms with Gasteiger partial charge >= 0.3 is 0 Å². The summed E-state index contributed by atoms with van der Waals surface area (Å²) < 4.78 is 12.9. The highest BCUT2D eigenvalue weighted by Crippen LogP contribution is 2.29. The van der Waals surface area contributed by atoms with Crippen LogP contribution in [0, 0.1) is 5.82 Å². The first-order valence-corrected chi connectivity index (χ1v) is 8.43. The molecule has 3 unspecified atom stereocenters. The number of hydrogen-bond acceptors (Lipinski definition) is 3. The van der Waals surface area contributed by atoms with Gasteiger partial charge in [-0.3, -0.25) is 4.98 Å². The minimum atomic E-state index is -0.266. The number of thioether (sulfide) groups is 1. The summed E-state index contributed by atoms with van der Waals surface area (Å²) in [5, 5.41) is 4.43. The molecule has 3 atom stereocenters. The minimum Gasteiger partial charge on any atom is -0.305 e. The maximum Gasteiger partial charge on any atom is 0.141 e. The van der Waals surface area contributed by atoms with E-state index in [1.54, 1.807) is 6.07 Å². The third kappa shape index (κ3) is 3.93. The molecule has 0 spiro atoms. The number of pyridine rings is 1. The lowest BCUT2D eigenvalue weighted by atomic mass is 9.93. The summed E-state index contributed by atoms with van der Waals surface area (Å²) in [6.07, 6.45) is 9.68. The van der Waals surface area contributed by atoms with Crippen LogP contribution in [0.4, 0.5) is 4.39 Å². The van der Waals surface area contributed by atoms with Crippen molar-refractivity contribution in [2.24, 2.45) is 0 Å². The summed E-state index contributed by atoms with van der Waals surface area (Å²) in [5.41, 5.74) is 0.953. The second-order valence-electron chi connectivity index (χ2n) is 5.19. The Labute approximate surface area is 119 Å². The first-order chi connectivity index (χ1) is 9.24. The Morgan fingerprint density at radius 1 is 1.42 bits per heavy atom. The number of hydrogen-bond donors (Lipinski definition) is 1. The van der Waals surface area contributed by atoms with Crippen molar-refractivity contribution in [3.63, 3.8) is 0 Å². The zero-order chi connectivity index (χ0) is 13.7. The molecule has 1 heterocycles. The van der Waals surface area contributed by atoms with Gasteiger partial charge in [0, 0.05) is 17.3 Å². The van der Waals surface area contributed by atoms with Gasteiger partial charge in [-0.25, -0.2) is 4.39 Å². The van der Waals surface area contributed by atoms with Crippen LogP contribution in [0.2, 0.25) is 0 Å². The number of nitrogens with zero attached hydrogens (tertiary/aromatic N) is 1. The zero-order valence-corrected chi connectivity index (χ0v) is 12.5. The molecule has 0 aliphatic heterocycles. The van der Waals surface area contributed by atoms with E-state index < -0.39 is 0 Å². The Hall–Kier alpha value is -0.610. The predicted octanol–water partition coefficient (Wildman–Crippen LogP) is 3.94. The van der Waals surface area contributed by atoms with Gasteiger partial charge in [0.1, 0.15) is 5.82 Å². The lowest BCUT2D eigenvalue weighted by Gasteiger charge is -2.34. The van der Waals surface area contributed by atoms with Crippen LogP contribution in [0.15, 0.2) is 18.3 Å². The van der Waals surface area contributed by atoms with E-state index in [4.69, 9.17) is 0 Å². The molecule has 1 aromatic rings. The molecule has 0 saturated heterocycles. The van der Waals surface area contributed by atoms with Crippen LogP contribution in [-0.2, 0) is 0 Å². The Kier molecular flexibility index (Phi) is 5.64. The van der Waals surface area contributed by atoms with E-state index in [1.165, 1.54) is 37.9 Å². The van der Waals surface area contributed by atoms with E-state index in [2.05, 4.69) is 23.5 Å². The molecule has 19 heavy (non-hydrogen) atoms. The molecule has 106 valence electrons. The second kappa shape index (κ2) is 7.25. The predicted molar refractivity (Wildman–Crippen MR) is 79.9 cm³/mol. The maximum absolute atomic E-state index is 12.9. The van der Waals surface area contributed by atoms with Crippen molar-refractivity contribution in [3.05, 3.63) is 29.8 Å². The summed E-state index contributed by atoms with van der Waals surface area (Å²) in [6.45, 7) is 2.15. The standard InChI is InChI=1S/C15H23FN2S/c1-3-12(13-9-8-11(16)10-17-13)18-14-6-4-5-7-15(14)19-2/h8-10,12,14-15,18H,3-7H2,1-2H3. The Morgan fingerprint density at radius 3 is 2.84 bits per heavy atom. The third-order valence-corrected chi connectivity index (χ3v) is 5.11. The molecule has 0 radical (unpaired) electrons. The highest BCUT2D eigenvalue weighted by molar-refractivity contribution is 7.99. The van der Waals surface area contributed by atoms with Crippen LogP contribution in [0.25, 0.3) is 0 Å². The van der Waals surface area contributed by atoms with Crippen LogP contribution in [0.1, 0.15) is 50.8 Å². The summed E-state index contributed by atoms with van der Waals surface area (Å²) in [7, 11) is 0. The quantitative estimate of drug-likeness (QED) is 0.885. The van der Waals surface area contributed by atoms with Gasteiger partial charge in [0.05, 0.1) is 11.9 Å². The number of halogens is 1. The highest BCUT2D eigenvalue weighted by atomic mass is 32.2. The Bertz CT molecular complexity index is 382. The zero-order valence-electron chi connectivity index (χ0n) is 11.7. The smallest absolute Gasteiger partial charge is 0.141 e. The molecule has 1 N–H and O–H groups in total. The van der Waals surface area contributed by atoms with Crippen molar-refractivity contribution >= 4 is 11.8 Å². The third-order valence-electron chi connectivity index (χ3n) is 3.94. The first kappa shape index (κ1) is 14.8. The van der Waals surface area contributed by atoms with Crippen molar-refractivity contribution in [2.75, 3.05) is 6.26 Å². The summed E-state index contributed by atoms with van der Waals surface area (Å²) >= 11 is 1.96. The van der Waals surface area contributed by atoms with Crippen molar-refractivity contribution in [1.29, 1.82) is 0 Å². The largest absolute Gasteiger partial charge is 0.305 e. The molecule has 0 amide bonds. The topological polar surface area (TPSA) is 24.9 Å². The molecular formula is C15H23FN2S. The van der Waals surface area contributed by atoms with Gasteiger partial charge in [0.2, 0.25) is 0 Å². The minimum absolute atomic E-state index is 0.235. The highest BCUT2D eigenvalue weighted by Gasteiger charge is 2.26. The van der Waals surface area contributed by atoms with Crippen LogP contribution in [0.5, 0.6) is 0 Å². The number of nitrogens with one attached hydrogen (secondary N) is 1. The van der Waals surface area contributed by atoms with Gasteiger partial charge in [-0.1, -0.05) is 19.8 Å². The fourth-order valence-electron chi connectivity index (χ4n) is 2.83. The SMILES string of the molecule is CCC(NC1CCCCC1SC)c1ccc(F)cn1. The van der Waals surface area contributed by atoms with Crippen LogP contribution < -0.4 is 5.32 Å². The fourth-order valence-corrected chi connectivity index (χ4v) is 3.78. The van der Waals surface area contributed by atoms with Crippen LogP contribution in [-0.4, -0.2) is 22.5 Å². The molecule has 0 aromatic carbocycles. The van der Waals surface area contributed by atoms with E-state index in [0.29, 0.717) is 11.3 Å². The lowest BCUT2D eigenvalue weighted by Crippen LogP contribution is -2.42. The molecule has 0 bridgehead atoms. The molecule has 1 aliphatic rings. The molecule has 4 heteroatoms. The molecule has 1 aromatic heterocycles. The van der Waals surface area contributed by atoms with Crippen molar-refractivity contribution in [2.45, 2.75) is 56.4 Å². The monoisotopic (exact) mass is 282 g/mol. The molecule has 1 aliphatic carbocycles. The van der Waals surface area contributed by atoms with E-state index in [0.717, 1.165) is 12.1 Å². The normalized spacial score (nSPS) is 25.2. The van der Waals surface area contributed by atoms with Gasteiger partial charge in [-0.15, -0.1) is 0 Å².